The Morgan fingerprint density at radius 1 is 1.26 bits per heavy atom. The van der Waals surface area contributed by atoms with E-state index >= 15 is 0 Å². The molecular weight excluding hydrogens is 280 g/mol. The average Bonchev–Trinajstić information content (AvgIpc) is 3.06. The highest BCUT2D eigenvalue weighted by molar-refractivity contribution is 7.17. The first-order chi connectivity index (χ1) is 9.15. The Bertz CT molecular complexity index is 595. The van der Waals surface area contributed by atoms with E-state index in [4.69, 9.17) is 0 Å². The Kier molecular flexibility index (Phi) is 4.50. The summed E-state index contributed by atoms with van der Waals surface area (Å²) in [6.45, 7) is 2.04. The van der Waals surface area contributed by atoms with Crippen molar-refractivity contribution in [1.29, 1.82) is 0 Å². The average molecular weight is 294 g/mol. The zero-order chi connectivity index (χ0) is 13.8. The molecule has 0 aliphatic carbocycles. The first-order valence-corrected chi connectivity index (χ1v) is 7.62. The third-order valence-electron chi connectivity index (χ3n) is 2.77. The number of hydrogen-bond donors (Lipinski definition) is 0. The van der Waals surface area contributed by atoms with E-state index in [9.17, 15) is 9.59 Å². The summed E-state index contributed by atoms with van der Waals surface area (Å²) in [5, 5.41) is 1.94. The molecule has 3 nitrogen and oxygen atoms in total. The minimum atomic E-state index is -0.286. The molecule has 0 saturated heterocycles. The minimum absolute atomic E-state index is 0.0490. The number of aryl methyl sites for hydroxylation is 1. The summed E-state index contributed by atoms with van der Waals surface area (Å²) < 4.78 is 4.62. The molecule has 0 aromatic carbocycles. The lowest BCUT2D eigenvalue weighted by Gasteiger charge is -1.98. The fourth-order valence-electron chi connectivity index (χ4n) is 1.73. The zero-order valence-electron chi connectivity index (χ0n) is 10.8. The number of carbonyl (C=O) groups is 2. The van der Waals surface area contributed by atoms with Crippen molar-refractivity contribution in [2.24, 2.45) is 0 Å². The summed E-state index contributed by atoms with van der Waals surface area (Å²) in [5.74, 6) is -0.237. The quantitative estimate of drug-likeness (QED) is 0.627. The fraction of sp³-hybridized carbons (Fsp3) is 0.286. The number of hydrogen-bond acceptors (Lipinski definition) is 5. The van der Waals surface area contributed by atoms with E-state index in [0.29, 0.717) is 4.88 Å². The summed E-state index contributed by atoms with van der Waals surface area (Å²) in [5.41, 5.74) is 1.08. The van der Waals surface area contributed by atoms with Crippen LogP contribution in [0.2, 0.25) is 0 Å². The zero-order valence-corrected chi connectivity index (χ0v) is 12.4. The predicted molar refractivity (Wildman–Crippen MR) is 77.2 cm³/mol. The Morgan fingerprint density at radius 2 is 2.05 bits per heavy atom. The summed E-state index contributed by atoms with van der Waals surface area (Å²) in [4.78, 5) is 25.9. The van der Waals surface area contributed by atoms with Gasteiger partial charge < -0.3 is 4.74 Å². The van der Waals surface area contributed by atoms with E-state index in [2.05, 4.69) is 4.74 Å². The molecule has 0 aliphatic rings. The van der Waals surface area contributed by atoms with E-state index in [1.54, 1.807) is 6.07 Å². The van der Waals surface area contributed by atoms with Gasteiger partial charge in [-0.05, 0) is 35.6 Å². The molecule has 0 N–H and O–H groups in total. The topological polar surface area (TPSA) is 43.4 Å². The van der Waals surface area contributed by atoms with Crippen LogP contribution >= 0.6 is 22.7 Å². The number of rotatable bonds is 5. The van der Waals surface area contributed by atoms with Crippen molar-refractivity contribution in [1.82, 2.24) is 0 Å². The molecule has 0 aliphatic heterocycles. The van der Waals surface area contributed by atoms with Crippen LogP contribution < -0.4 is 0 Å². The van der Waals surface area contributed by atoms with E-state index in [1.807, 2.05) is 24.4 Å². The second kappa shape index (κ2) is 6.12. The maximum atomic E-state index is 12.4. The maximum absolute atomic E-state index is 12.4. The lowest BCUT2D eigenvalue weighted by Crippen LogP contribution is -2.02. The van der Waals surface area contributed by atoms with Crippen molar-refractivity contribution >= 4 is 34.4 Å². The molecule has 0 saturated carbocycles. The van der Waals surface area contributed by atoms with Crippen LogP contribution in [0.5, 0.6) is 0 Å². The fourth-order valence-corrected chi connectivity index (χ4v) is 3.69. The van der Waals surface area contributed by atoms with Crippen LogP contribution in [0.1, 0.15) is 31.9 Å². The van der Waals surface area contributed by atoms with Crippen molar-refractivity contribution in [2.75, 3.05) is 7.11 Å². The summed E-state index contributed by atoms with van der Waals surface area (Å²) >= 11 is 2.83. The first kappa shape index (κ1) is 14.0. The monoisotopic (exact) mass is 294 g/mol. The number of ether oxygens (including phenoxy) is 1. The minimum Gasteiger partial charge on any atom is -0.469 e. The molecular formula is C14H14O3S2. The molecule has 0 fully saturated rings. The molecule has 2 aromatic heterocycles. The highest BCUT2D eigenvalue weighted by Crippen LogP contribution is 2.25. The SMILES string of the molecule is CCc1ccsc1C(=O)c1ccc(CC(=O)OC)s1. The largest absolute Gasteiger partial charge is 0.469 e. The number of carbonyl (C=O) groups excluding carboxylic acids is 2. The molecule has 19 heavy (non-hydrogen) atoms. The molecule has 0 atom stereocenters. The Balaban J connectivity index is 2.19. The standard InChI is InChI=1S/C14H14O3S2/c1-3-9-6-7-18-14(9)13(16)11-5-4-10(19-11)8-12(15)17-2/h4-7H,3,8H2,1-2H3. The molecule has 0 radical (unpaired) electrons. The number of thiophene rings is 2. The normalized spacial score (nSPS) is 10.4. The van der Waals surface area contributed by atoms with Crippen LogP contribution in [0.15, 0.2) is 23.6 Å². The molecule has 100 valence electrons. The molecule has 2 heterocycles. The van der Waals surface area contributed by atoms with Gasteiger partial charge in [0, 0.05) is 4.88 Å². The van der Waals surface area contributed by atoms with Gasteiger partial charge in [0.2, 0.25) is 5.78 Å². The molecule has 0 bridgehead atoms. The van der Waals surface area contributed by atoms with Gasteiger partial charge in [-0.15, -0.1) is 22.7 Å². The Hall–Kier alpha value is -1.46. The lowest BCUT2D eigenvalue weighted by atomic mass is 10.1. The first-order valence-electron chi connectivity index (χ1n) is 5.92. The van der Waals surface area contributed by atoms with Gasteiger partial charge >= 0.3 is 5.97 Å². The lowest BCUT2D eigenvalue weighted by molar-refractivity contribution is -0.139. The van der Waals surface area contributed by atoms with E-state index in [0.717, 1.165) is 21.7 Å². The summed E-state index contributed by atoms with van der Waals surface area (Å²) in [6, 6.07) is 5.58. The van der Waals surface area contributed by atoms with Crippen molar-refractivity contribution < 1.29 is 14.3 Å². The third kappa shape index (κ3) is 3.11. The molecule has 0 spiro atoms. The second-order valence-corrected chi connectivity index (χ2v) is 6.06. The smallest absolute Gasteiger partial charge is 0.310 e. The van der Waals surface area contributed by atoms with E-state index in [-0.39, 0.29) is 18.2 Å². The highest BCUT2D eigenvalue weighted by Gasteiger charge is 2.17. The van der Waals surface area contributed by atoms with Crippen LogP contribution in [0.25, 0.3) is 0 Å². The van der Waals surface area contributed by atoms with Gasteiger partial charge in [0.25, 0.3) is 0 Å². The van der Waals surface area contributed by atoms with Gasteiger partial charge in [-0.2, -0.15) is 0 Å². The maximum Gasteiger partial charge on any atom is 0.310 e. The van der Waals surface area contributed by atoms with Crippen molar-refractivity contribution in [3.63, 3.8) is 0 Å². The van der Waals surface area contributed by atoms with Crippen LogP contribution in [0.4, 0.5) is 0 Å². The van der Waals surface area contributed by atoms with Gasteiger partial charge in [-0.1, -0.05) is 6.92 Å². The van der Waals surface area contributed by atoms with Crippen LogP contribution in [-0.4, -0.2) is 18.9 Å². The van der Waals surface area contributed by atoms with Gasteiger partial charge in [-0.25, -0.2) is 0 Å². The summed E-state index contributed by atoms with van der Waals surface area (Å²) in [7, 11) is 1.36. The van der Waals surface area contributed by atoms with E-state index < -0.39 is 0 Å². The molecule has 2 aromatic rings. The highest BCUT2D eigenvalue weighted by atomic mass is 32.1. The van der Waals surface area contributed by atoms with Crippen LogP contribution in [0, 0.1) is 0 Å². The summed E-state index contributed by atoms with van der Waals surface area (Å²) in [6.07, 6.45) is 1.07. The Morgan fingerprint density at radius 3 is 2.74 bits per heavy atom. The Labute approximate surface area is 119 Å². The van der Waals surface area contributed by atoms with Gasteiger partial charge in [-0.3, -0.25) is 9.59 Å². The van der Waals surface area contributed by atoms with E-state index in [1.165, 1.54) is 29.8 Å². The molecule has 0 amide bonds. The van der Waals surface area contributed by atoms with Gasteiger partial charge in [0.1, 0.15) is 0 Å². The number of esters is 1. The third-order valence-corrected chi connectivity index (χ3v) is 4.81. The number of ketones is 1. The molecule has 5 heteroatoms. The van der Waals surface area contributed by atoms with Crippen molar-refractivity contribution in [3.05, 3.63) is 43.8 Å². The van der Waals surface area contributed by atoms with Gasteiger partial charge in [0.15, 0.2) is 0 Å². The number of methoxy groups -OCH3 is 1. The van der Waals surface area contributed by atoms with Crippen LogP contribution in [0.3, 0.4) is 0 Å². The van der Waals surface area contributed by atoms with Crippen molar-refractivity contribution in [3.8, 4) is 0 Å². The second-order valence-electron chi connectivity index (χ2n) is 3.98. The molecule has 0 unspecified atom stereocenters. The van der Waals surface area contributed by atoms with Crippen molar-refractivity contribution in [2.45, 2.75) is 19.8 Å². The predicted octanol–water partition coefficient (Wildman–Crippen LogP) is 3.32. The van der Waals surface area contributed by atoms with Gasteiger partial charge in [0.05, 0.1) is 23.3 Å². The van der Waals surface area contributed by atoms with Crippen LogP contribution in [-0.2, 0) is 22.4 Å². The molecule has 2 rings (SSSR count).